The molecular formula is C14H16F2N2O3. The first-order valence-electron chi connectivity index (χ1n) is 6.42. The topological polar surface area (TPSA) is 89.3 Å². The fourth-order valence-electron chi connectivity index (χ4n) is 1.65. The maximum absolute atomic E-state index is 13.0. The third-order valence-corrected chi connectivity index (χ3v) is 2.94. The van der Waals surface area contributed by atoms with Crippen molar-refractivity contribution in [2.24, 2.45) is 5.73 Å². The molecule has 2 amide bonds. The predicted molar refractivity (Wildman–Crippen MR) is 71.3 cm³/mol. The second-order valence-corrected chi connectivity index (χ2v) is 4.49. The molecule has 0 saturated heterocycles. The van der Waals surface area contributed by atoms with Crippen molar-refractivity contribution < 1.29 is 23.2 Å². The van der Waals surface area contributed by atoms with E-state index < -0.39 is 29.5 Å². The van der Waals surface area contributed by atoms with Crippen LogP contribution in [0.25, 0.3) is 0 Å². The van der Waals surface area contributed by atoms with Crippen molar-refractivity contribution in [1.82, 2.24) is 5.32 Å². The molecule has 0 aromatic heterocycles. The molecule has 0 heterocycles. The second-order valence-electron chi connectivity index (χ2n) is 4.49. The maximum Gasteiger partial charge on any atom is 0.252 e. The zero-order chi connectivity index (χ0) is 16.0. The molecule has 3 N–H and O–H groups in total. The van der Waals surface area contributed by atoms with Crippen LogP contribution in [0.3, 0.4) is 0 Å². The van der Waals surface area contributed by atoms with Crippen molar-refractivity contribution in [2.45, 2.75) is 32.2 Å². The molecule has 1 rings (SSSR count). The average Bonchev–Trinajstić information content (AvgIpc) is 2.45. The Labute approximate surface area is 120 Å². The highest BCUT2D eigenvalue weighted by Gasteiger charge is 2.20. The Kier molecular flexibility index (Phi) is 5.95. The lowest BCUT2D eigenvalue weighted by Crippen LogP contribution is -2.44. The molecule has 0 bridgehead atoms. The van der Waals surface area contributed by atoms with Gasteiger partial charge in [-0.2, -0.15) is 0 Å². The number of amides is 2. The van der Waals surface area contributed by atoms with Crippen LogP contribution in [0, 0.1) is 11.6 Å². The molecule has 0 aliphatic heterocycles. The summed E-state index contributed by atoms with van der Waals surface area (Å²) in [6, 6.07) is 1.58. The van der Waals surface area contributed by atoms with E-state index >= 15 is 0 Å². The maximum atomic E-state index is 13.0. The summed E-state index contributed by atoms with van der Waals surface area (Å²) in [5.41, 5.74) is 5.01. The van der Waals surface area contributed by atoms with Gasteiger partial charge in [-0.3, -0.25) is 14.4 Å². The van der Waals surface area contributed by atoms with Crippen LogP contribution >= 0.6 is 0 Å². The number of primary amides is 1. The zero-order valence-corrected chi connectivity index (χ0v) is 11.5. The largest absolute Gasteiger partial charge is 0.368 e. The molecule has 1 aromatic carbocycles. The zero-order valence-electron chi connectivity index (χ0n) is 11.5. The SMILES string of the molecule is CCC(=O)CC[C@@H](NC(=O)c1ccc(F)c(F)c1)C(N)=O. The Bertz CT molecular complexity index is 561. The van der Waals surface area contributed by atoms with Gasteiger partial charge in [-0.05, 0) is 24.6 Å². The summed E-state index contributed by atoms with van der Waals surface area (Å²) in [6.45, 7) is 1.68. The van der Waals surface area contributed by atoms with Gasteiger partial charge in [0.2, 0.25) is 5.91 Å². The van der Waals surface area contributed by atoms with Gasteiger partial charge in [0.15, 0.2) is 11.6 Å². The molecule has 0 fully saturated rings. The molecule has 114 valence electrons. The van der Waals surface area contributed by atoms with Crippen LogP contribution in [0.4, 0.5) is 8.78 Å². The smallest absolute Gasteiger partial charge is 0.252 e. The molecule has 0 aliphatic rings. The van der Waals surface area contributed by atoms with Gasteiger partial charge in [-0.15, -0.1) is 0 Å². The third kappa shape index (κ3) is 4.94. The number of ketones is 1. The van der Waals surface area contributed by atoms with Crippen LogP contribution < -0.4 is 11.1 Å². The van der Waals surface area contributed by atoms with E-state index in [4.69, 9.17) is 5.73 Å². The molecule has 0 saturated carbocycles. The van der Waals surface area contributed by atoms with Gasteiger partial charge in [-0.1, -0.05) is 6.92 Å². The number of carbonyl (C=O) groups is 3. The molecule has 21 heavy (non-hydrogen) atoms. The van der Waals surface area contributed by atoms with E-state index in [0.29, 0.717) is 6.42 Å². The lowest BCUT2D eigenvalue weighted by molar-refractivity contribution is -0.121. The number of rotatable bonds is 7. The highest BCUT2D eigenvalue weighted by molar-refractivity contribution is 5.97. The second kappa shape index (κ2) is 7.47. The van der Waals surface area contributed by atoms with Gasteiger partial charge in [0, 0.05) is 18.4 Å². The van der Waals surface area contributed by atoms with Crippen molar-refractivity contribution in [3.8, 4) is 0 Å². The molecule has 1 aromatic rings. The van der Waals surface area contributed by atoms with E-state index in [1.165, 1.54) is 0 Å². The van der Waals surface area contributed by atoms with Gasteiger partial charge < -0.3 is 11.1 Å². The summed E-state index contributed by atoms with van der Waals surface area (Å²) < 4.78 is 25.8. The summed E-state index contributed by atoms with van der Waals surface area (Å²) in [5, 5.41) is 2.30. The minimum atomic E-state index is -1.17. The summed E-state index contributed by atoms with van der Waals surface area (Å²) in [6.07, 6.45) is 0.488. The highest BCUT2D eigenvalue weighted by Crippen LogP contribution is 2.09. The minimum Gasteiger partial charge on any atom is -0.368 e. The van der Waals surface area contributed by atoms with Gasteiger partial charge in [-0.25, -0.2) is 8.78 Å². The van der Waals surface area contributed by atoms with E-state index in [1.54, 1.807) is 6.92 Å². The first-order valence-corrected chi connectivity index (χ1v) is 6.42. The van der Waals surface area contributed by atoms with Crippen LogP contribution in [0.5, 0.6) is 0 Å². The number of carbonyl (C=O) groups excluding carboxylic acids is 3. The van der Waals surface area contributed by atoms with Crippen LogP contribution in [0.1, 0.15) is 36.5 Å². The van der Waals surface area contributed by atoms with E-state index in [1.807, 2.05) is 0 Å². The lowest BCUT2D eigenvalue weighted by atomic mass is 10.1. The summed E-state index contributed by atoms with van der Waals surface area (Å²) in [4.78, 5) is 34.3. The van der Waals surface area contributed by atoms with Crippen molar-refractivity contribution in [3.05, 3.63) is 35.4 Å². The Morgan fingerprint density at radius 1 is 1.24 bits per heavy atom. The van der Waals surface area contributed by atoms with Gasteiger partial charge in [0.1, 0.15) is 11.8 Å². The fourth-order valence-corrected chi connectivity index (χ4v) is 1.65. The first kappa shape index (κ1) is 16.7. The third-order valence-electron chi connectivity index (χ3n) is 2.94. The number of hydrogen-bond donors (Lipinski definition) is 2. The quantitative estimate of drug-likeness (QED) is 0.795. The molecular weight excluding hydrogens is 282 g/mol. The van der Waals surface area contributed by atoms with Crippen LogP contribution in [-0.4, -0.2) is 23.6 Å². The normalized spacial score (nSPS) is 11.8. The number of halogens is 2. The Hall–Kier alpha value is -2.31. The average molecular weight is 298 g/mol. The number of hydrogen-bond acceptors (Lipinski definition) is 3. The Balaban J connectivity index is 2.74. The number of nitrogens with two attached hydrogens (primary N) is 1. The van der Waals surface area contributed by atoms with E-state index in [0.717, 1.165) is 18.2 Å². The molecule has 0 radical (unpaired) electrons. The molecule has 7 heteroatoms. The predicted octanol–water partition coefficient (Wildman–Crippen LogP) is 1.31. The van der Waals surface area contributed by atoms with Crippen molar-refractivity contribution in [3.63, 3.8) is 0 Å². The molecule has 1 atom stereocenters. The molecule has 0 unspecified atom stereocenters. The van der Waals surface area contributed by atoms with Gasteiger partial charge in [0.25, 0.3) is 5.91 Å². The van der Waals surface area contributed by atoms with E-state index in [9.17, 15) is 23.2 Å². The van der Waals surface area contributed by atoms with Crippen LogP contribution in [0.2, 0.25) is 0 Å². The molecule has 0 spiro atoms. The minimum absolute atomic E-state index is 0.0664. The Morgan fingerprint density at radius 3 is 2.43 bits per heavy atom. The number of Topliss-reactive ketones (excluding diaryl/α,β-unsaturated/α-hetero) is 1. The Morgan fingerprint density at radius 2 is 1.90 bits per heavy atom. The summed E-state index contributed by atoms with van der Waals surface area (Å²) >= 11 is 0. The summed E-state index contributed by atoms with van der Waals surface area (Å²) in [5.74, 6) is -3.87. The van der Waals surface area contributed by atoms with Crippen LogP contribution in [0.15, 0.2) is 18.2 Å². The molecule has 0 aliphatic carbocycles. The van der Waals surface area contributed by atoms with Gasteiger partial charge in [0.05, 0.1) is 0 Å². The van der Waals surface area contributed by atoms with E-state index in [-0.39, 0.29) is 24.2 Å². The lowest BCUT2D eigenvalue weighted by Gasteiger charge is -2.15. The number of benzene rings is 1. The number of nitrogens with one attached hydrogen (secondary N) is 1. The highest BCUT2D eigenvalue weighted by atomic mass is 19.2. The van der Waals surface area contributed by atoms with E-state index in [2.05, 4.69) is 5.32 Å². The summed E-state index contributed by atoms with van der Waals surface area (Å²) in [7, 11) is 0. The fraction of sp³-hybridized carbons (Fsp3) is 0.357. The van der Waals surface area contributed by atoms with Crippen molar-refractivity contribution in [2.75, 3.05) is 0 Å². The monoisotopic (exact) mass is 298 g/mol. The standard InChI is InChI=1S/C14H16F2N2O3/c1-2-9(19)4-6-12(13(17)20)18-14(21)8-3-5-10(15)11(16)7-8/h3,5,7,12H,2,4,6H2,1H3,(H2,17,20)(H,18,21)/t12-/m1/s1. The van der Waals surface area contributed by atoms with Gasteiger partial charge >= 0.3 is 0 Å². The van der Waals surface area contributed by atoms with Crippen molar-refractivity contribution in [1.29, 1.82) is 0 Å². The molecule has 5 nitrogen and oxygen atoms in total. The van der Waals surface area contributed by atoms with Crippen LogP contribution in [-0.2, 0) is 9.59 Å². The van der Waals surface area contributed by atoms with Crippen molar-refractivity contribution >= 4 is 17.6 Å². The first-order chi connectivity index (χ1) is 9.85.